The Balaban J connectivity index is 1.80. The highest BCUT2D eigenvalue weighted by atomic mass is 32.2. The molecular formula is C13H18O2S. The third-order valence-electron chi connectivity index (χ3n) is 2.95. The number of rotatable bonds is 4. The molecule has 0 spiro atoms. The van der Waals surface area contributed by atoms with Gasteiger partial charge in [0.15, 0.2) is 5.79 Å². The Morgan fingerprint density at radius 1 is 1.44 bits per heavy atom. The highest BCUT2D eigenvalue weighted by molar-refractivity contribution is 7.99. The van der Waals surface area contributed by atoms with E-state index in [0.717, 1.165) is 18.6 Å². The summed E-state index contributed by atoms with van der Waals surface area (Å²) in [6, 6.07) is 10.4. The van der Waals surface area contributed by atoms with Crippen molar-refractivity contribution in [2.24, 2.45) is 0 Å². The van der Waals surface area contributed by atoms with Crippen molar-refractivity contribution in [3.05, 3.63) is 30.3 Å². The predicted molar refractivity (Wildman–Crippen MR) is 66.7 cm³/mol. The molecule has 1 saturated heterocycles. The van der Waals surface area contributed by atoms with Gasteiger partial charge < -0.3 is 9.47 Å². The third-order valence-corrected chi connectivity index (χ3v) is 4.09. The summed E-state index contributed by atoms with van der Waals surface area (Å²) in [6.45, 7) is 2.01. The summed E-state index contributed by atoms with van der Waals surface area (Å²) in [7, 11) is 1.71. The van der Waals surface area contributed by atoms with Gasteiger partial charge in [0.25, 0.3) is 0 Å². The molecule has 2 nitrogen and oxygen atoms in total. The molecule has 3 heteroatoms. The molecule has 1 heterocycles. The summed E-state index contributed by atoms with van der Waals surface area (Å²) in [5.74, 6) is 0.644. The molecule has 0 bridgehead atoms. The molecule has 1 aliphatic heterocycles. The Kier molecular flexibility index (Phi) is 3.90. The summed E-state index contributed by atoms with van der Waals surface area (Å²) in [5, 5.41) is 0. The van der Waals surface area contributed by atoms with Crippen molar-refractivity contribution in [1.82, 2.24) is 0 Å². The zero-order chi connectivity index (χ0) is 11.4. The Hall–Kier alpha value is -0.510. The van der Waals surface area contributed by atoms with Gasteiger partial charge in [-0.3, -0.25) is 0 Å². The van der Waals surface area contributed by atoms with Crippen LogP contribution in [0.15, 0.2) is 35.2 Å². The lowest BCUT2D eigenvalue weighted by molar-refractivity contribution is -0.194. The minimum atomic E-state index is -0.359. The Bertz CT molecular complexity index is 328. The van der Waals surface area contributed by atoms with Crippen molar-refractivity contribution in [3.8, 4) is 0 Å². The van der Waals surface area contributed by atoms with Gasteiger partial charge >= 0.3 is 0 Å². The summed E-state index contributed by atoms with van der Waals surface area (Å²) in [6.07, 6.45) is 2.39. The smallest absolute Gasteiger partial charge is 0.165 e. The van der Waals surface area contributed by atoms with Crippen LogP contribution in [0, 0.1) is 0 Å². The topological polar surface area (TPSA) is 18.5 Å². The number of benzene rings is 1. The van der Waals surface area contributed by atoms with E-state index in [1.54, 1.807) is 7.11 Å². The van der Waals surface area contributed by atoms with E-state index in [1.807, 2.05) is 24.8 Å². The van der Waals surface area contributed by atoms with Crippen LogP contribution in [0.2, 0.25) is 0 Å². The normalized spacial score (nSPS) is 29.5. The average molecular weight is 238 g/mol. The van der Waals surface area contributed by atoms with Gasteiger partial charge in [0.2, 0.25) is 0 Å². The van der Waals surface area contributed by atoms with Crippen molar-refractivity contribution in [3.63, 3.8) is 0 Å². The molecule has 0 N–H and O–H groups in total. The number of hydrogen-bond acceptors (Lipinski definition) is 3. The molecule has 0 unspecified atom stereocenters. The molecule has 0 radical (unpaired) electrons. The fourth-order valence-corrected chi connectivity index (χ4v) is 2.83. The largest absolute Gasteiger partial charge is 0.353 e. The van der Waals surface area contributed by atoms with Gasteiger partial charge in [0.05, 0.1) is 6.10 Å². The van der Waals surface area contributed by atoms with Gasteiger partial charge in [-0.15, -0.1) is 11.8 Å². The first-order chi connectivity index (χ1) is 7.72. The van der Waals surface area contributed by atoms with Crippen LogP contribution in [0.4, 0.5) is 0 Å². The highest BCUT2D eigenvalue weighted by Crippen LogP contribution is 2.33. The van der Waals surface area contributed by atoms with E-state index in [0.29, 0.717) is 6.10 Å². The van der Waals surface area contributed by atoms with Crippen LogP contribution in [0.3, 0.4) is 0 Å². The SMILES string of the molecule is CO[C@@]1(C)CC[C@@H](CSc2ccccc2)O1. The predicted octanol–water partition coefficient (Wildman–Crippen LogP) is 3.32. The molecule has 0 aromatic heterocycles. The van der Waals surface area contributed by atoms with Crippen LogP contribution in [0.25, 0.3) is 0 Å². The molecule has 16 heavy (non-hydrogen) atoms. The standard InChI is InChI=1S/C13H18O2S/c1-13(14-2)9-8-11(15-13)10-16-12-6-4-3-5-7-12/h3-7,11H,8-10H2,1-2H3/t11-,13+/m0/s1. The summed E-state index contributed by atoms with van der Waals surface area (Å²) in [5.41, 5.74) is 0. The van der Waals surface area contributed by atoms with E-state index >= 15 is 0 Å². The van der Waals surface area contributed by atoms with Crippen molar-refractivity contribution >= 4 is 11.8 Å². The molecule has 0 amide bonds. The summed E-state index contributed by atoms with van der Waals surface area (Å²) >= 11 is 1.85. The second-order valence-corrected chi connectivity index (χ2v) is 5.33. The number of ether oxygens (including phenoxy) is 2. The van der Waals surface area contributed by atoms with Crippen LogP contribution in [0.1, 0.15) is 19.8 Å². The number of thioether (sulfide) groups is 1. The van der Waals surface area contributed by atoms with Crippen molar-refractivity contribution < 1.29 is 9.47 Å². The second-order valence-electron chi connectivity index (χ2n) is 4.24. The Morgan fingerprint density at radius 2 is 2.19 bits per heavy atom. The lowest BCUT2D eigenvalue weighted by Gasteiger charge is -2.22. The first kappa shape index (κ1) is 12.0. The van der Waals surface area contributed by atoms with E-state index in [-0.39, 0.29) is 5.79 Å². The highest BCUT2D eigenvalue weighted by Gasteiger charge is 2.35. The van der Waals surface area contributed by atoms with Crippen LogP contribution in [-0.2, 0) is 9.47 Å². The molecule has 1 aromatic carbocycles. The molecule has 2 atom stereocenters. The zero-order valence-corrected chi connectivity index (χ0v) is 10.6. The van der Waals surface area contributed by atoms with Gasteiger partial charge in [-0.1, -0.05) is 18.2 Å². The van der Waals surface area contributed by atoms with Gasteiger partial charge in [-0.05, 0) is 25.5 Å². The van der Waals surface area contributed by atoms with E-state index in [2.05, 4.69) is 24.3 Å². The van der Waals surface area contributed by atoms with E-state index in [1.165, 1.54) is 4.90 Å². The third kappa shape index (κ3) is 3.00. The van der Waals surface area contributed by atoms with Crippen molar-refractivity contribution in [1.29, 1.82) is 0 Å². The van der Waals surface area contributed by atoms with Crippen LogP contribution >= 0.6 is 11.8 Å². The monoisotopic (exact) mass is 238 g/mol. The van der Waals surface area contributed by atoms with Crippen molar-refractivity contribution in [2.75, 3.05) is 12.9 Å². The van der Waals surface area contributed by atoms with E-state index in [4.69, 9.17) is 9.47 Å². The zero-order valence-electron chi connectivity index (χ0n) is 9.81. The van der Waals surface area contributed by atoms with Gasteiger partial charge in [0, 0.05) is 24.2 Å². The Morgan fingerprint density at radius 3 is 2.81 bits per heavy atom. The summed E-state index contributed by atoms with van der Waals surface area (Å²) in [4.78, 5) is 1.30. The fourth-order valence-electron chi connectivity index (χ4n) is 1.87. The molecular weight excluding hydrogens is 220 g/mol. The van der Waals surface area contributed by atoms with Crippen LogP contribution in [-0.4, -0.2) is 24.8 Å². The van der Waals surface area contributed by atoms with Gasteiger partial charge in [0.1, 0.15) is 0 Å². The van der Waals surface area contributed by atoms with E-state index in [9.17, 15) is 0 Å². The van der Waals surface area contributed by atoms with Gasteiger partial charge in [-0.25, -0.2) is 0 Å². The van der Waals surface area contributed by atoms with Crippen LogP contribution < -0.4 is 0 Å². The van der Waals surface area contributed by atoms with Crippen molar-refractivity contribution in [2.45, 2.75) is 36.6 Å². The molecule has 0 aliphatic carbocycles. The molecule has 1 aromatic rings. The molecule has 88 valence electrons. The second kappa shape index (κ2) is 5.21. The van der Waals surface area contributed by atoms with Gasteiger partial charge in [-0.2, -0.15) is 0 Å². The quantitative estimate of drug-likeness (QED) is 0.750. The minimum Gasteiger partial charge on any atom is -0.353 e. The van der Waals surface area contributed by atoms with Crippen LogP contribution in [0.5, 0.6) is 0 Å². The first-order valence-corrected chi connectivity index (χ1v) is 6.61. The maximum atomic E-state index is 5.88. The lowest BCUT2D eigenvalue weighted by Crippen LogP contribution is -2.27. The maximum absolute atomic E-state index is 5.88. The van der Waals surface area contributed by atoms with E-state index < -0.39 is 0 Å². The maximum Gasteiger partial charge on any atom is 0.165 e. The number of methoxy groups -OCH3 is 1. The molecule has 1 aliphatic rings. The Labute approximate surface area is 101 Å². The minimum absolute atomic E-state index is 0.315. The first-order valence-electron chi connectivity index (χ1n) is 5.63. The lowest BCUT2D eigenvalue weighted by atomic mass is 10.2. The molecule has 1 fully saturated rings. The molecule has 0 saturated carbocycles. The average Bonchev–Trinajstić information content (AvgIpc) is 2.71. The fraction of sp³-hybridized carbons (Fsp3) is 0.538. The molecule has 2 rings (SSSR count). The number of hydrogen-bond donors (Lipinski definition) is 0. The summed E-state index contributed by atoms with van der Waals surface area (Å²) < 4.78 is 11.2.